The van der Waals surface area contributed by atoms with Crippen molar-refractivity contribution in [2.45, 2.75) is 39.5 Å². The van der Waals surface area contributed by atoms with Crippen LogP contribution < -0.4 is 0 Å². The van der Waals surface area contributed by atoms with Crippen LogP contribution in [0.1, 0.15) is 39.5 Å². The number of carbonyl (C=O) groups is 2. The number of aliphatic carboxylic acids is 1. The fourth-order valence-corrected chi connectivity index (χ4v) is 1.43. The molecule has 92 valence electrons. The highest BCUT2D eigenvalue weighted by atomic mass is 16.5. The van der Waals surface area contributed by atoms with Crippen LogP contribution in [0.5, 0.6) is 0 Å². The summed E-state index contributed by atoms with van der Waals surface area (Å²) in [6.07, 6.45) is 5.87. The molecule has 0 atom stereocenters. The van der Waals surface area contributed by atoms with Gasteiger partial charge in [0.05, 0.1) is 6.61 Å². The smallest absolute Gasteiger partial charge is 0.331 e. The molecular weight excluding hydrogens is 208 g/mol. The lowest BCUT2D eigenvalue weighted by molar-refractivity contribution is -0.138. The van der Waals surface area contributed by atoms with Crippen molar-refractivity contribution in [3.8, 4) is 0 Å². The van der Waals surface area contributed by atoms with Crippen molar-refractivity contribution in [1.29, 1.82) is 0 Å². The van der Waals surface area contributed by atoms with E-state index < -0.39 is 11.9 Å². The van der Waals surface area contributed by atoms with Crippen LogP contribution in [0.15, 0.2) is 12.2 Å². The number of hydrogen-bond acceptors (Lipinski definition) is 3. The first-order chi connectivity index (χ1) is 7.60. The fraction of sp³-hybridized carbons (Fsp3) is 0.667. The molecule has 0 rings (SSSR count). The van der Waals surface area contributed by atoms with Gasteiger partial charge >= 0.3 is 11.9 Å². The summed E-state index contributed by atoms with van der Waals surface area (Å²) in [6.45, 7) is 4.66. The molecule has 0 heterocycles. The number of carbonyl (C=O) groups excluding carboxylic acids is 1. The Morgan fingerprint density at radius 3 is 2.38 bits per heavy atom. The zero-order chi connectivity index (χ0) is 12.4. The Morgan fingerprint density at radius 1 is 1.25 bits per heavy atom. The van der Waals surface area contributed by atoms with Gasteiger partial charge in [0.1, 0.15) is 0 Å². The van der Waals surface area contributed by atoms with E-state index in [1.165, 1.54) is 0 Å². The van der Waals surface area contributed by atoms with Crippen molar-refractivity contribution in [3.63, 3.8) is 0 Å². The van der Waals surface area contributed by atoms with Crippen LogP contribution in [-0.4, -0.2) is 23.7 Å². The molecule has 0 aliphatic rings. The summed E-state index contributed by atoms with van der Waals surface area (Å²) in [6, 6.07) is 0. The molecule has 0 saturated carbocycles. The van der Waals surface area contributed by atoms with Crippen LogP contribution >= 0.6 is 0 Å². The van der Waals surface area contributed by atoms with Gasteiger partial charge in [-0.05, 0) is 18.8 Å². The van der Waals surface area contributed by atoms with Crippen molar-refractivity contribution in [2.75, 3.05) is 6.61 Å². The summed E-state index contributed by atoms with van der Waals surface area (Å²) < 4.78 is 4.84. The maximum Gasteiger partial charge on any atom is 0.331 e. The van der Waals surface area contributed by atoms with Crippen molar-refractivity contribution in [2.24, 2.45) is 5.92 Å². The predicted octanol–water partition coefficient (Wildman–Crippen LogP) is 2.39. The van der Waals surface area contributed by atoms with E-state index in [1.54, 1.807) is 0 Å². The summed E-state index contributed by atoms with van der Waals surface area (Å²) >= 11 is 0. The van der Waals surface area contributed by atoms with Gasteiger partial charge in [0, 0.05) is 12.2 Å². The first-order valence-corrected chi connectivity index (χ1v) is 5.67. The quantitative estimate of drug-likeness (QED) is 0.393. The molecule has 0 fully saturated rings. The number of esters is 1. The van der Waals surface area contributed by atoms with Gasteiger partial charge in [-0.2, -0.15) is 0 Å². The summed E-state index contributed by atoms with van der Waals surface area (Å²) in [5.41, 5.74) is 0. The third kappa shape index (κ3) is 8.03. The number of carboxylic acid groups (broad SMARTS) is 1. The maximum atomic E-state index is 11.0. The molecule has 0 unspecified atom stereocenters. The summed E-state index contributed by atoms with van der Waals surface area (Å²) in [7, 11) is 0. The predicted molar refractivity (Wildman–Crippen MR) is 61.0 cm³/mol. The minimum Gasteiger partial charge on any atom is -0.478 e. The Kier molecular flexibility index (Phi) is 8.21. The summed E-state index contributed by atoms with van der Waals surface area (Å²) in [4.78, 5) is 21.1. The largest absolute Gasteiger partial charge is 0.478 e. The zero-order valence-corrected chi connectivity index (χ0v) is 9.94. The minimum atomic E-state index is -1.14. The number of carboxylic acids is 1. The van der Waals surface area contributed by atoms with Crippen molar-refractivity contribution in [3.05, 3.63) is 12.2 Å². The molecule has 0 radical (unpaired) electrons. The van der Waals surface area contributed by atoms with Gasteiger partial charge in [-0.15, -0.1) is 0 Å². The standard InChI is InChI=1S/C12H20O4/c1-3-10(4-2)6-5-9-16-12(15)8-7-11(13)14/h7-8,10H,3-6,9H2,1-2H3,(H,13,14)/b8-7-. The topological polar surface area (TPSA) is 63.6 Å². The molecule has 4 nitrogen and oxygen atoms in total. The van der Waals surface area contributed by atoms with Crippen LogP contribution in [0, 0.1) is 5.92 Å². The van der Waals surface area contributed by atoms with Crippen LogP contribution in [0.3, 0.4) is 0 Å². The fourth-order valence-electron chi connectivity index (χ4n) is 1.43. The highest BCUT2D eigenvalue weighted by Gasteiger charge is 2.04. The van der Waals surface area contributed by atoms with Gasteiger partial charge in [0.2, 0.25) is 0 Å². The van der Waals surface area contributed by atoms with Gasteiger partial charge in [-0.25, -0.2) is 9.59 Å². The van der Waals surface area contributed by atoms with Crippen molar-refractivity contribution < 1.29 is 19.4 Å². The second kappa shape index (κ2) is 8.95. The lowest BCUT2D eigenvalue weighted by atomic mass is 9.98. The average molecular weight is 228 g/mol. The molecule has 0 spiro atoms. The number of hydrogen-bond donors (Lipinski definition) is 1. The summed E-state index contributed by atoms with van der Waals surface area (Å²) in [5.74, 6) is -1.05. The lowest BCUT2D eigenvalue weighted by Crippen LogP contribution is -2.05. The molecular formula is C12H20O4. The van der Waals surface area contributed by atoms with E-state index in [0.29, 0.717) is 12.5 Å². The number of ether oxygens (including phenoxy) is 1. The maximum absolute atomic E-state index is 11.0. The Hall–Kier alpha value is -1.32. The summed E-state index contributed by atoms with van der Waals surface area (Å²) in [5, 5.41) is 8.28. The Labute approximate surface area is 96.3 Å². The molecule has 1 N–H and O–H groups in total. The van der Waals surface area contributed by atoms with E-state index in [0.717, 1.165) is 37.8 Å². The van der Waals surface area contributed by atoms with Crippen LogP contribution in [0.4, 0.5) is 0 Å². The van der Waals surface area contributed by atoms with E-state index in [9.17, 15) is 9.59 Å². The van der Waals surface area contributed by atoms with Gasteiger partial charge in [0.15, 0.2) is 0 Å². The molecule has 0 amide bonds. The highest BCUT2D eigenvalue weighted by Crippen LogP contribution is 2.14. The lowest BCUT2D eigenvalue weighted by Gasteiger charge is -2.11. The SMILES string of the molecule is CCC(CC)CCCOC(=O)/C=C\C(=O)O. The third-order valence-corrected chi connectivity index (χ3v) is 2.52. The normalized spacial score (nSPS) is 10.9. The molecule has 0 aliphatic carbocycles. The van der Waals surface area contributed by atoms with E-state index >= 15 is 0 Å². The van der Waals surface area contributed by atoms with E-state index in [-0.39, 0.29) is 0 Å². The minimum absolute atomic E-state index is 0.360. The Morgan fingerprint density at radius 2 is 1.88 bits per heavy atom. The second-order valence-electron chi connectivity index (χ2n) is 3.66. The van der Waals surface area contributed by atoms with Gasteiger partial charge in [0.25, 0.3) is 0 Å². The second-order valence-corrected chi connectivity index (χ2v) is 3.66. The van der Waals surface area contributed by atoms with Gasteiger partial charge < -0.3 is 9.84 Å². The monoisotopic (exact) mass is 228 g/mol. The Bertz CT molecular complexity index is 241. The molecule has 0 aromatic heterocycles. The van der Waals surface area contributed by atoms with E-state index in [4.69, 9.17) is 9.84 Å². The van der Waals surface area contributed by atoms with Gasteiger partial charge in [-0.3, -0.25) is 0 Å². The average Bonchev–Trinajstić information content (AvgIpc) is 2.26. The third-order valence-electron chi connectivity index (χ3n) is 2.52. The van der Waals surface area contributed by atoms with Crippen LogP contribution in [0.25, 0.3) is 0 Å². The van der Waals surface area contributed by atoms with Crippen LogP contribution in [0.2, 0.25) is 0 Å². The molecule has 0 aromatic rings. The van der Waals surface area contributed by atoms with Crippen molar-refractivity contribution in [1.82, 2.24) is 0 Å². The van der Waals surface area contributed by atoms with Crippen molar-refractivity contribution >= 4 is 11.9 Å². The molecule has 16 heavy (non-hydrogen) atoms. The highest BCUT2D eigenvalue weighted by molar-refractivity contribution is 5.90. The number of rotatable bonds is 8. The molecule has 0 aliphatic heterocycles. The van der Waals surface area contributed by atoms with E-state index in [1.807, 2.05) is 0 Å². The molecule has 0 saturated heterocycles. The zero-order valence-electron chi connectivity index (χ0n) is 9.94. The Balaban J connectivity index is 3.58. The van der Waals surface area contributed by atoms with Crippen LogP contribution in [-0.2, 0) is 14.3 Å². The first-order valence-electron chi connectivity index (χ1n) is 5.67. The van der Waals surface area contributed by atoms with Gasteiger partial charge in [-0.1, -0.05) is 26.7 Å². The first kappa shape index (κ1) is 14.7. The molecule has 0 bridgehead atoms. The molecule has 0 aromatic carbocycles. The van der Waals surface area contributed by atoms with E-state index in [2.05, 4.69) is 13.8 Å². The molecule has 4 heteroatoms.